The van der Waals surface area contributed by atoms with E-state index in [1.807, 2.05) is 38.1 Å². The Labute approximate surface area is 115 Å². The van der Waals surface area contributed by atoms with Crippen LogP contribution in [0.1, 0.15) is 21.5 Å². The molecule has 92 valence electrons. The highest BCUT2D eigenvalue weighted by molar-refractivity contribution is 9.10. The molecule has 2 rings (SSSR count). The average molecular weight is 305 g/mol. The summed E-state index contributed by atoms with van der Waals surface area (Å²) in [6, 6.07) is 11.3. The standard InChI is InChI=1S/C15H13BrO2/c1-10-3-6-14(13(16)7-10)18-15-8-12(9-17)5-4-11(15)2/h3-9H,1-2H3. The van der Waals surface area contributed by atoms with Gasteiger partial charge >= 0.3 is 0 Å². The first-order valence-electron chi connectivity index (χ1n) is 5.60. The third-order valence-corrected chi connectivity index (χ3v) is 3.28. The minimum atomic E-state index is 0.610. The molecule has 0 fully saturated rings. The molecule has 0 saturated heterocycles. The molecule has 0 unspecified atom stereocenters. The van der Waals surface area contributed by atoms with Gasteiger partial charge in [0.2, 0.25) is 0 Å². The second-order valence-electron chi connectivity index (χ2n) is 4.18. The maximum absolute atomic E-state index is 10.8. The van der Waals surface area contributed by atoms with Crippen LogP contribution in [0.2, 0.25) is 0 Å². The van der Waals surface area contributed by atoms with Crippen LogP contribution in [-0.4, -0.2) is 6.29 Å². The first-order valence-corrected chi connectivity index (χ1v) is 6.39. The van der Waals surface area contributed by atoms with Crippen LogP contribution in [0.5, 0.6) is 11.5 Å². The lowest BCUT2D eigenvalue weighted by atomic mass is 10.1. The van der Waals surface area contributed by atoms with Crippen molar-refractivity contribution in [2.24, 2.45) is 0 Å². The first kappa shape index (κ1) is 12.8. The molecular formula is C15H13BrO2. The molecule has 2 aromatic carbocycles. The van der Waals surface area contributed by atoms with Gasteiger partial charge in [0.1, 0.15) is 17.8 Å². The van der Waals surface area contributed by atoms with Crippen LogP contribution in [-0.2, 0) is 0 Å². The van der Waals surface area contributed by atoms with Gasteiger partial charge in [-0.3, -0.25) is 4.79 Å². The fraction of sp³-hybridized carbons (Fsp3) is 0.133. The van der Waals surface area contributed by atoms with Crippen molar-refractivity contribution in [3.63, 3.8) is 0 Å². The lowest BCUT2D eigenvalue weighted by molar-refractivity contribution is 0.112. The van der Waals surface area contributed by atoms with Gasteiger partial charge < -0.3 is 4.74 Å². The smallest absolute Gasteiger partial charge is 0.150 e. The van der Waals surface area contributed by atoms with Gasteiger partial charge in [-0.05, 0) is 59.1 Å². The van der Waals surface area contributed by atoms with Crippen LogP contribution < -0.4 is 4.74 Å². The van der Waals surface area contributed by atoms with Crippen LogP contribution in [0.15, 0.2) is 40.9 Å². The van der Waals surface area contributed by atoms with Crippen LogP contribution in [0.3, 0.4) is 0 Å². The maximum Gasteiger partial charge on any atom is 0.150 e. The van der Waals surface area contributed by atoms with Crippen molar-refractivity contribution in [1.29, 1.82) is 0 Å². The number of carbonyl (C=O) groups excluding carboxylic acids is 1. The third kappa shape index (κ3) is 2.79. The predicted octanol–water partition coefficient (Wildman–Crippen LogP) is 4.67. The monoisotopic (exact) mass is 304 g/mol. The highest BCUT2D eigenvalue weighted by Gasteiger charge is 2.06. The molecule has 3 heteroatoms. The Kier molecular flexibility index (Phi) is 3.82. The summed E-state index contributed by atoms with van der Waals surface area (Å²) in [5, 5.41) is 0. The van der Waals surface area contributed by atoms with E-state index < -0.39 is 0 Å². The number of hydrogen-bond acceptors (Lipinski definition) is 2. The largest absolute Gasteiger partial charge is 0.456 e. The van der Waals surface area contributed by atoms with E-state index in [1.165, 1.54) is 0 Å². The fourth-order valence-electron chi connectivity index (χ4n) is 1.61. The number of ether oxygens (including phenoxy) is 1. The minimum Gasteiger partial charge on any atom is -0.456 e. The normalized spacial score (nSPS) is 10.2. The van der Waals surface area contributed by atoms with Crippen molar-refractivity contribution < 1.29 is 9.53 Å². The Morgan fingerprint density at radius 3 is 2.50 bits per heavy atom. The molecule has 0 N–H and O–H groups in total. The van der Waals surface area contributed by atoms with Gasteiger partial charge in [0.15, 0.2) is 0 Å². The Hall–Kier alpha value is -1.61. The van der Waals surface area contributed by atoms with E-state index in [0.717, 1.165) is 27.6 Å². The Morgan fingerprint density at radius 2 is 1.83 bits per heavy atom. The van der Waals surface area contributed by atoms with E-state index in [2.05, 4.69) is 15.9 Å². The Morgan fingerprint density at radius 1 is 1.06 bits per heavy atom. The molecule has 18 heavy (non-hydrogen) atoms. The van der Waals surface area contributed by atoms with Crippen LogP contribution in [0.25, 0.3) is 0 Å². The van der Waals surface area contributed by atoms with Crippen molar-refractivity contribution >= 4 is 22.2 Å². The Balaban J connectivity index is 2.36. The first-order chi connectivity index (χ1) is 8.60. The summed E-state index contributed by atoms with van der Waals surface area (Å²) >= 11 is 3.47. The fourth-order valence-corrected chi connectivity index (χ4v) is 2.18. The molecule has 2 nitrogen and oxygen atoms in total. The number of carbonyl (C=O) groups is 1. The predicted molar refractivity (Wildman–Crippen MR) is 75.5 cm³/mol. The number of aryl methyl sites for hydroxylation is 2. The molecule has 0 aromatic heterocycles. The second kappa shape index (κ2) is 5.36. The number of halogens is 1. The van der Waals surface area contributed by atoms with Crippen LogP contribution in [0.4, 0.5) is 0 Å². The van der Waals surface area contributed by atoms with Gasteiger partial charge in [-0.25, -0.2) is 0 Å². The lowest BCUT2D eigenvalue weighted by Gasteiger charge is -2.11. The average Bonchev–Trinajstić information content (AvgIpc) is 2.35. The molecule has 0 radical (unpaired) electrons. The van der Waals surface area contributed by atoms with E-state index in [-0.39, 0.29) is 0 Å². The number of hydrogen-bond donors (Lipinski definition) is 0. The zero-order chi connectivity index (χ0) is 13.1. The van der Waals surface area contributed by atoms with Crippen LogP contribution >= 0.6 is 15.9 Å². The number of aldehydes is 1. The molecule has 0 spiro atoms. The molecule has 2 aromatic rings. The summed E-state index contributed by atoms with van der Waals surface area (Å²) in [7, 11) is 0. The molecule has 0 atom stereocenters. The Bertz CT molecular complexity index is 591. The molecular weight excluding hydrogens is 292 g/mol. The van der Waals surface area contributed by atoms with Gasteiger partial charge in [-0.1, -0.05) is 18.2 Å². The van der Waals surface area contributed by atoms with E-state index in [4.69, 9.17) is 4.74 Å². The van der Waals surface area contributed by atoms with E-state index in [1.54, 1.807) is 12.1 Å². The summed E-state index contributed by atoms with van der Waals surface area (Å²) in [6.07, 6.45) is 0.816. The highest BCUT2D eigenvalue weighted by Crippen LogP contribution is 2.32. The maximum atomic E-state index is 10.8. The summed E-state index contributed by atoms with van der Waals surface area (Å²) < 4.78 is 6.73. The van der Waals surface area contributed by atoms with Gasteiger partial charge in [0, 0.05) is 5.56 Å². The second-order valence-corrected chi connectivity index (χ2v) is 5.03. The molecule has 0 aliphatic rings. The summed E-state index contributed by atoms with van der Waals surface area (Å²) in [4.78, 5) is 10.8. The molecule has 0 heterocycles. The molecule has 0 bridgehead atoms. The number of benzene rings is 2. The van der Waals surface area contributed by atoms with Gasteiger partial charge in [0.05, 0.1) is 4.47 Å². The highest BCUT2D eigenvalue weighted by atomic mass is 79.9. The van der Waals surface area contributed by atoms with Crippen molar-refractivity contribution in [2.75, 3.05) is 0 Å². The van der Waals surface area contributed by atoms with E-state index in [9.17, 15) is 4.79 Å². The van der Waals surface area contributed by atoms with Gasteiger partial charge in [0.25, 0.3) is 0 Å². The van der Waals surface area contributed by atoms with Crippen molar-refractivity contribution in [3.05, 3.63) is 57.6 Å². The van der Waals surface area contributed by atoms with Gasteiger partial charge in [-0.15, -0.1) is 0 Å². The van der Waals surface area contributed by atoms with Gasteiger partial charge in [-0.2, -0.15) is 0 Å². The molecule has 0 aliphatic carbocycles. The molecule has 0 saturated carbocycles. The van der Waals surface area contributed by atoms with E-state index >= 15 is 0 Å². The van der Waals surface area contributed by atoms with E-state index in [0.29, 0.717) is 11.3 Å². The summed E-state index contributed by atoms with van der Waals surface area (Å²) in [5.41, 5.74) is 2.76. The van der Waals surface area contributed by atoms with Crippen LogP contribution in [0, 0.1) is 13.8 Å². The lowest BCUT2D eigenvalue weighted by Crippen LogP contribution is -1.91. The molecule has 0 amide bonds. The molecule has 0 aliphatic heterocycles. The number of rotatable bonds is 3. The van der Waals surface area contributed by atoms with Crippen molar-refractivity contribution in [3.8, 4) is 11.5 Å². The SMILES string of the molecule is Cc1ccc(Oc2cc(C=O)ccc2C)c(Br)c1. The zero-order valence-electron chi connectivity index (χ0n) is 10.2. The van der Waals surface area contributed by atoms with Crippen molar-refractivity contribution in [1.82, 2.24) is 0 Å². The quantitative estimate of drug-likeness (QED) is 0.770. The third-order valence-electron chi connectivity index (χ3n) is 2.66. The van der Waals surface area contributed by atoms with Crippen molar-refractivity contribution in [2.45, 2.75) is 13.8 Å². The zero-order valence-corrected chi connectivity index (χ0v) is 11.8. The summed E-state index contributed by atoms with van der Waals surface area (Å²) in [6.45, 7) is 3.97. The summed E-state index contributed by atoms with van der Waals surface area (Å²) in [5.74, 6) is 1.44. The topological polar surface area (TPSA) is 26.3 Å². The minimum absolute atomic E-state index is 0.610.